The number of aromatic nitrogens is 2. The van der Waals surface area contributed by atoms with Crippen molar-refractivity contribution in [2.75, 3.05) is 5.43 Å². The van der Waals surface area contributed by atoms with E-state index in [1.54, 1.807) is 42.5 Å². The number of hydrogen-bond acceptors (Lipinski definition) is 5. The summed E-state index contributed by atoms with van der Waals surface area (Å²) in [6.07, 6.45) is 1.45. The van der Waals surface area contributed by atoms with Crippen molar-refractivity contribution in [3.05, 3.63) is 64.4 Å². The summed E-state index contributed by atoms with van der Waals surface area (Å²) in [5, 5.41) is 14.1. The molecule has 0 aliphatic carbocycles. The van der Waals surface area contributed by atoms with E-state index in [-0.39, 0.29) is 17.3 Å². The Kier molecular flexibility index (Phi) is 3.34. The molecule has 0 fully saturated rings. The van der Waals surface area contributed by atoms with Gasteiger partial charge in [-0.05, 0) is 24.3 Å². The van der Waals surface area contributed by atoms with E-state index >= 15 is 0 Å². The van der Waals surface area contributed by atoms with Crippen LogP contribution in [0.4, 0.5) is 5.95 Å². The van der Waals surface area contributed by atoms with Gasteiger partial charge in [0.2, 0.25) is 5.95 Å². The minimum absolute atomic E-state index is 0.128. The number of para-hydroxylation sites is 2. The van der Waals surface area contributed by atoms with Gasteiger partial charge in [0.25, 0.3) is 5.56 Å². The van der Waals surface area contributed by atoms with E-state index in [4.69, 9.17) is 0 Å². The smallest absolute Gasteiger partial charge is 0.260 e. The zero-order chi connectivity index (χ0) is 14.7. The molecule has 0 aliphatic rings. The summed E-state index contributed by atoms with van der Waals surface area (Å²) in [7, 11) is 0. The minimum Gasteiger partial charge on any atom is -0.507 e. The SMILES string of the molecule is O=c1[nH]c(N/N=C\c2ccccc2O)nc2ccccc12. The molecule has 1 aromatic heterocycles. The average Bonchev–Trinajstić information content (AvgIpc) is 2.49. The highest BCUT2D eigenvalue weighted by atomic mass is 16.3. The van der Waals surface area contributed by atoms with Gasteiger partial charge in [0.1, 0.15) is 5.75 Å². The summed E-state index contributed by atoms with van der Waals surface area (Å²) >= 11 is 0. The number of rotatable bonds is 3. The Balaban J connectivity index is 1.86. The fourth-order valence-electron chi connectivity index (χ4n) is 1.90. The molecule has 3 N–H and O–H groups in total. The van der Waals surface area contributed by atoms with Crippen molar-refractivity contribution in [2.45, 2.75) is 0 Å². The van der Waals surface area contributed by atoms with Crippen molar-refractivity contribution < 1.29 is 5.11 Å². The van der Waals surface area contributed by atoms with Crippen LogP contribution in [0.2, 0.25) is 0 Å². The first kappa shape index (κ1) is 12.9. The molecular weight excluding hydrogens is 268 g/mol. The molecule has 0 aliphatic heterocycles. The predicted molar refractivity (Wildman–Crippen MR) is 81.7 cm³/mol. The number of phenolic OH excluding ortho intramolecular Hbond substituents is 1. The van der Waals surface area contributed by atoms with Crippen LogP contribution in [0.15, 0.2) is 58.4 Å². The maximum Gasteiger partial charge on any atom is 0.260 e. The largest absolute Gasteiger partial charge is 0.507 e. The number of nitrogens with one attached hydrogen (secondary N) is 2. The van der Waals surface area contributed by atoms with E-state index in [0.29, 0.717) is 16.5 Å². The highest BCUT2D eigenvalue weighted by Crippen LogP contribution is 2.13. The van der Waals surface area contributed by atoms with Gasteiger partial charge >= 0.3 is 0 Å². The number of nitrogens with zero attached hydrogens (tertiary/aromatic N) is 2. The third-order valence-electron chi connectivity index (χ3n) is 2.92. The quantitative estimate of drug-likeness (QED) is 0.506. The van der Waals surface area contributed by atoms with Crippen LogP contribution in [-0.4, -0.2) is 21.3 Å². The van der Waals surface area contributed by atoms with Crippen LogP contribution in [0.25, 0.3) is 10.9 Å². The van der Waals surface area contributed by atoms with Crippen LogP contribution in [0.1, 0.15) is 5.56 Å². The van der Waals surface area contributed by atoms with Gasteiger partial charge in [-0.1, -0.05) is 24.3 Å². The Hall–Kier alpha value is -3.15. The molecule has 0 saturated heterocycles. The Morgan fingerprint density at radius 2 is 1.90 bits per heavy atom. The van der Waals surface area contributed by atoms with Crippen LogP contribution in [0.5, 0.6) is 5.75 Å². The number of aromatic hydroxyl groups is 1. The van der Waals surface area contributed by atoms with E-state index in [0.717, 1.165) is 0 Å². The molecule has 3 aromatic rings. The van der Waals surface area contributed by atoms with E-state index in [2.05, 4.69) is 20.5 Å². The summed E-state index contributed by atoms with van der Waals surface area (Å²) in [5.41, 5.74) is 3.56. The Bertz CT molecular complexity index is 871. The maximum absolute atomic E-state index is 11.9. The number of anilines is 1. The fourth-order valence-corrected chi connectivity index (χ4v) is 1.90. The van der Waals surface area contributed by atoms with Crippen LogP contribution in [-0.2, 0) is 0 Å². The van der Waals surface area contributed by atoms with Gasteiger partial charge in [-0.15, -0.1) is 0 Å². The molecule has 6 heteroatoms. The maximum atomic E-state index is 11.9. The number of hydrazone groups is 1. The number of phenols is 1. The summed E-state index contributed by atoms with van der Waals surface area (Å²) in [4.78, 5) is 18.7. The summed E-state index contributed by atoms with van der Waals surface area (Å²) < 4.78 is 0. The number of aromatic amines is 1. The molecule has 6 nitrogen and oxygen atoms in total. The molecule has 0 saturated carbocycles. The molecule has 104 valence electrons. The molecule has 0 atom stereocenters. The first-order chi connectivity index (χ1) is 10.2. The van der Waals surface area contributed by atoms with E-state index < -0.39 is 0 Å². The van der Waals surface area contributed by atoms with E-state index in [1.807, 2.05) is 6.07 Å². The van der Waals surface area contributed by atoms with Gasteiger partial charge in [-0.3, -0.25) is 9.78 Å². The molecule has 0 unspecified atom stereocenters. The number of benzene rings is 2. The average molecular weight is 280 g/mol. The Labute approximate surface area is 119 Å². The van der Waals surface area contributed by atoms with Gasteiger partial charge in [-0.25, -0.2) is 10.4 Å². The lowest BCUT2D eigenvalue weighted by Gasteiger charge is -2.02. The summed E-state index contributed by atoms with van der Waals surface area (Å²) in [5.74, 6) is 0.369. The molecule has 0 amide bonds. The highest BCUT2D eigenvalue weighted by Gasteiger charge is 2.01. The predicted octanol–water partition coefficient (Wildman–Crippen LogP) is 2.07. The van der Waals surface area contributed by atoms with Gasteiger partial charge in [0, 0.05) is 5.56 Å². The van der Waals surface area contributed by atoms with Crippen LogP contribution in [0.3, 0.4) is 0 Å². The molecule has 0 spiro atoms. The summed E-state index contributed by atoms with van der Waals surface area (Å²) in [6, 6.07) is 13.8. The zero-order valence-electron chi connectivity index (χ0n) is 10.9. The number of hydrogen-bond donors (Lipinski definition) is 3. The van der Waals surface area contributed by atoms with Crippen LogP contribution < -0.4 is 11.0 Å². The van der Waals surface area contributed by atoms with Crippen LogP contribution in [0, 0.1) is 0 Å². The van der Waals surface area contributed by atoms with Gasteiger partial charge in [-0.2, -0.15) is 5.10 Å². The normalized spacial score (nSPS) is 11.0. The molecule has 2 aromatic carbocycles. The minimum atomic E-state index is -0.235. The first-order valence-electron chi connectivity index (χ1n) is 6.30. The summed E-state index contributed by atoms with van der Waals surface area (Å²) in [6.45, 7) is 0. The van der Waals surface area contributed by atoms with E-state index in [1.165, 1.54) is 6.21 Å². The first-order valence-corrected chi connectivity index (χ1v) is 6.30. The van der Waals surface area contributed by atoms with Crippen molar-refractivity contribution in [1.29, 1.82) is 0 Å². The van der Waals surface area contributed by atoms with E-state index in [9.17, 15) is 9.90 Å². The second kappa shape index (κ2) is 5.46. The van der Waals surface area contributed by atoms with Crippen molar-refractivity contribution in [3.8, 4) is 5.75 Å². The second-order valence-corrected chi connectivity index (χ2v) is 4.36. The third-order valence-corrected chi connectivity index (χ3v) is 2.92. The van der Waals surface area contributed by atoms with Gasteiger partial charge in [0.05, 0.1) is 17.1 Å². The Morgan fingerprint density at radius 3 is 2.76 bits per heavy atom. The molecular formula is C15H12N4O2. The molecule has 1 heterocycles. The lowest BCUT2D eigenvalue weighted by Crippen LogP contribution is -2.10. The fraction of sp³-hybridized carbons (Fsp3) is 0. The van der Waals surface area contributed by atoms with Gasteiger partial charge < -0.3 is 5.11 Å². The highest BCUT2D eigenvalue weighted by molar-refractivity contribution is 5.83. The third kappa shape index (κ3) is 2.74. The second-order valence-electron chi connectivity index (χ2n) is 4.36. The lowest BCUT2D eigenvalue weighted by molar-refractivity contribution is 0.474. The molecule has 0 radical (unpaired) electrons. The van der Waals surface area contributed by atoms with Crippen molar-refractivity contribution >= 4 is 23.1 Å². The monoisotopic (exact) mass is 280 g/mol. The zero-order valence-corrected chi connectivity index (χ0v) is 10.9. The standard InChI is InChI=1S/C15H12N4O2/c20-13-8-4-1-5-10(13)9-16-19-15-17-12-7-3-2-6-11(12)14(21)18-15/h1-9,20H,(H2,17,18,19,21)/b16-9-. The topological polar surface area (TPSA) is 90.4 Å². The lowest BCUT2D eigenvalue weighted by atomic mass is 10.2. The van der Waals surface area contributed by atoms with Crippen molar-refractivity contribution in [2.24, 2.45) is 5.10 Å². The number of fused-ring (bicyclic) bond motifs is 1. The number of H-pyrrole nitrogens is 1. The van der Waals surface area contributed by atoms with Crippen LogP contribution >= 0.6 is 0 Å². The molecule has 3 rings (SSSR count). The molecule has 21 heavy (non-hydrogen) atoms. The molecule has 0 bridgehead atoms. The van der Waals surface area contributed by atoms with Crippen molar-refractivity contribution in [3.63, 3.8) is 0 Å². The van der Waals surface area contributed by atoms with Gasteiger partial charge in [0.15, 0.2) is 0 Å². The Morgan fingerprint density at radius 1 is 1.14 bits per heavy atom. The van der Waals surface area contributed by atoms with Crippen molar-refractivity contribution in [1.82, 2.24) is 9.97 Å².